The molecule has 0 saturated carbocycles. The van der Waals surface area contributed by atoms with Crippen molar-refractivity contribution >= 4 is 18.5 Å². The molecule has 1 unspecified atom stereocenters. The van der Waals surface area contributed by atoms with E-state index in [0.29, 0.717) is 6.54 Å². The molecule has 1 aliphatic rings. The Morgan fingerprint density at radius 3 is 2.57 bits per heavy atom. The van der Waals surface area contributed by atoms with Gasteiger partial charge >= 0.3 is 0 Å². The molecule has 82 valence electrons. The molecule has 0 aliphatic carbocycles. The number of rotatable bonds is 2. The molecule has 1 fully saturated rings. The number of aliphatic hydroxyl groups is 1. The molecule has 0 aromatic heterocycles. The van der Waals surface area contributed by atoms with Crippen LogP contribution in [-0.2, 0) is 4.79 Å². The highest BCUT2D eigenvalue weighted by molar-refractivity contribution is 7.81. The maximum absolute atomic E-state index is 11.9. The Labute approximate surface area is 90.9 Å². The molecule has 1 aliphatic heterocycles. The standard InChI is InChI=1S/C10H19NO2S/c1-9(2,7-12)8(13)11-5-4-10(3,14)6-11/h12,14H,4-7H2,1-3H3. The van der Waals surface area contributed by atoms with Crippen molar-refractivity contribution in [1.82, 2.24) is 4.90 Å². The smallest absolute Gasteiger partial charge is 0.230 e. The number of hydrogen-bond donors (Lipinski definition) is 2. The first-order valence-corrected chi connectivity index (χ1v) is 5.36. The summed E-state index contributed by atoms with van der Waals surface area (Å²) in [5.74, 6) is 0.0257. The highest BCUT2D eigenvalue weighted by Gasteiger charge is 2.38. The molecule has 0 radical (unpaired) electrons. The normalized spacial score (nSPS) is 28.2. The van der Waals surface area contributed by atoms with Gasteiger partial charge in [0, 0.05) is 17.8 Å². The van der Waals surface area contributed by atoms with Crippen LogP contribution in [-0.4, -0.2) is 40.4 Å². The second kappa shape index (κ2) is 3.74. The number of hydrogen-bond acceptors (Lipinski definition) is 3. The molecule has 1 saturated heterocycles. The monoisotopic (exact) mass is 217 g/mol. The molecular weight excluding hydrogens is 198 g/mol. The SMILES string of the molecule is CC1(S)CCN(C(=O)C(C)(C)CO)C1. The Bertz CT molecular complexity index is 238. The number of thiol groups is 1. The van der Waals surface area contributed by atoms with Crippen LogP contribution in [0.3, 0.4) is 0 Å². The summed E-state index contributed by atoms with van der Waals surface area (Å²) in [6.07, 6.45) is 0.920. The topological polar surface area (TPSA) is 40.5 Å². The van der Waals surface area contributed by atoms with Gasteiger partial charge < -0.3 is 10.0 Å². The van der Waals surface area contributed by atoms with Gasteiger partial charge in [-0.3, -0.25) is 4.79 Å². The second-order valence-corrected chi connectivity index (χ2v) is 6.10. The summed E-state index contributed by atoms with van der Waals surface area (Å²) in [7, 11) is 0. The van der Waals surface area contributed by atoms with Gasteiger partial charge in [0.25, 0.3) is 0 Å². The molecule has 1 atom stereocenters. The predicted octanol–water partition coefficient (Wildman–Crippen LogP) is 0.926. The Morgan fingerprint density at radius 2 is 2.21 bits per heavy atom. The lowest BCUT2D eigenvalue weighted by atomic mass is 9.93. The molecule has 4 heteroatoms. The van der Waals surface area contributed by atoms with Crippen molar-refractivity contribution in [2.24, 2.45) is 5.41 Å². The van der Waals surface area contributed by atoms with Crippen LogP contribution >= 0.6 is 12.6 Å². The molecule has 1 N–H and O–H groups in total. The quantitative estimate of drug-likeness (QED) is 0.675. The van der Waals surface area contributed by atoms with Crippen molar-refractivity contribution in [3.05, 3.63) is 0 Å². The van der Waals surface area contributed by atoms with Gasteiger partial charge in [0.15, 0.2) is 0 Å². The number of amides is 1. The van der Waals surface area contributed by atoms with Crippen LogP contribution in [0, 0.1) is 5.41 Å². The molecule has 1 rings (SSSR count). The van der Waals surface area contributed by atoms with Gasteiger partial charge in [-0.25, -0.2) is 0 Å². The molecule has 3 nitrogen and oxygen atoms in total. The number of nitrogens with zero attached hydrogens (tertiary/aromatic N) is 1. The fourth-order valence-electron chi connectivity index (χ4n) is 1.61. The summed E-state index contributed by atoms with van der Waals surface area (Å²) < 4.78 is -0.0683. The maximum atomic E-state index is 11.9. The van der Waals surface area contributed by atoms with Crippen molar-refractivity contribution in [2.45, 2.75) is 31.9 Å². The average Bonchev–Trinajstić information content (AvgIpc) is 2.44. The van der Waals surface area contributed by atoms with Crippen molar-refractivity contribution in [3.63, 3.8) is 0 Å². The number of carbonyl (C=O) groups excluding carboxylic acids is 1. The van der Waals surface area contributed by atoms with Crippen LogP contribution in [0.5, 0.6) is 0 Å². The Balaban J connectivity index is 2.65. The van der Waals surface area contributed by atoms with E-state index in [2.05, 4.69) is 12.6 Å². The van der Waals surface area contributed by atoms with E-state index in [0.717, 1.165) is 13.0 Å². The van der Waals surface area contributed by atoms with Gasteiger partial charge in [0.2, 0.25) is 5.91 Å². The minimum Gasteiger partial charge on any atom is -0.395 e. The van der Waals surface area contributed by atoms with E-state index in [4.69, 9.17) is 5.11 Å². The maximum Gasteiger partial charge on any atom is 0.230 e. The molecule has 0 aromatic carbocycles. The lowest BCUT2D eigenvalue weighted by molar-refractivity contribution is -0.141. The van der Waals surface area contributed by atoms with Gasteiger partial charge in [-0.2, -0.15) is 12.6 Å². The highest BCUT2D eigenvalue weighted by atomic mass is 32.1. The van der Waals surface area contributed by atoms with Gasteiger partial charge in [0.1, 0.15) is 0 Å². The molecule has 14 heavy (non-hydrogen) atoms. The zero-order chi connectivity index (χ0) is 11.0. The van der Waals surface area contributed by atoms with Crippen LogP contribution in [0.15, 0.2) is 0 Å². The zero-order valence-corrected chi connectivity index (χ0v) is 9.97. The van der Waals surface area contributed by atoms with Gasteiger partial charge in [0.05, 0.1) is 12.0 Å². The van der Waals surface area contributed by atoms with Crippen LogP contribution in [0.25, 0.3) is 0 Å². The van der Waals surface area contributed by atoms with E-state index in [-0.39, 0.29) is 17.3 Å². The summed E-state index contributed by atoms with van der Waals surface area (Å²) >= 11 is 4.47. The van der Waals surface area contributed by atoms with E-state index in [1.807, 2.05) is 6.92 Å². The Kier molecular flexibility index (Phi) is 3.17. The van der Waals surface area contributed by atoms with E-state index >= 15 is 0 Å². The summed E-state index contributed by atoms with van der Waals surface area (Å²) in [6, 6.07) is 0. The van der Waals surface area contributed by atoms with Crippen LogP contribution in [0.1, 0.15) is 27.2 Å². The fourth-order valence-corrected chi connectivity index (χ4v) is 1.88. The summed E-state index contributed by atoms with van der Waals surface area (Å²) in [6.45, 7) is 6.90. The number of likely N-dealkylation sites (tertiary alicyclic amines) is 1. The molecule has 1 amide bonds. The Hall–Kier alpha value is -0.220. The molecular formula is C10H19NO2S. The lowest BCUT2D eigenvalue weighted by Gasteiger charge is -2.28. The highest BCUT2D eigenvalue weighted by Crippen LogP contribution is 2.30. The van der Waals surface area contributed by atoms with Crippen molar-refractivity contribution in [2.75, 3.05) is 19.7 Å². The summed E-state index contributed by atoms with van der Waals surface area (Å²) in [5.41, 5.74) is -0.659. The third kappa shape index (κ3) is 2.42. The van der Waals surface area contributed by atoms with Crippen molar-refractivity contribution in [1.29, 1.82) is 0 Å². The summed E-state index contributed by atoms with van der Waals surface area (Å²) in [5, 5.41) is 9.09. The number of aliphatic hydroxyl groups excluding tert-OH is 1. The molecule has 0 spiro atoms. The Morgan fingerprint density at radius 1 is 1.64 bits per heavy atom. The van der Waals surface area contributed by atoms with Gasteiger partial charge in [-0.05, 0) is 27.2 Å². The zero-order valence-electron chi connectivity index (χ0n) is 9.08. The first-order valence-electron chi connectivity index (χ1n) is 4.91. The van der Waals surface area contributed by atoms with Crippen LogP contribution in [0.2, 0.25) is 0 Å². The largest absolute Gasteiger partial charge is 0.395 e. The fraction of sp³-hybridized carbons (Fsp3) is 0.900. The second-order valence-electron chi connectivity index (χ2n) is 5.02. The van der Waals surface area contributed by atoms with E-state index < -0.39 is 5.41 Å². The van der Waals surface area contributed by atoms with E-state index in [1.165, 1.54) is 0 Å². The van der Waals surface area contributed by atoms with Crippen molar-refractivity contribution in [3.8, 4) is 0 Å². The molecule has 0 bridgehead atoms. The third-order valence-corrected chi connectivity index (χ3v) is 3.08. The minimum atomic E-state index is -0.659. The number of carbonyl (C=O) groups is 1. The average molecular weight is 217 g/mol. The van der Waals surface area contributed by atoms with E-state index in [9.17, 15) is 4.79 Å². The molecule has 1 heterocycles. The van der Waals surface area contributed by atoms with Gasteiger partial charge in [-0.15, -0.1) is 0 Å². The first-order chi connectivity index (χ1) is 6.28. The lowest BCUT2D eigenvalue weighted by Crippen LogP contribution is -2.42. The minimum absolute atomic E-state index is 0.0257. The first kappa shape index (κ1) is 11.9. The van der Waals surface area contributed by atoms with Crippen molar-refractivity contribution < 1.29 is 9.90 Å². The molecule has 0 aromatic rings. The van der Waals surface area contributed by atoms with Crippen LogP contribution in [0.4, 0.5) is 0 Å². The van der Waals surface area contributed by atoms with Gasteiger partial charge in [-0.1, -0.05) is 0 Å². The predicted molar refractivity (Wildman–Crippen MR) is 59.5 cm³/mol. The summed E-state index contributed by atoms with van der Waals surface area (Å²) in [4.78, 5) is 13.7. The van der Waals surface area contributed by atoms with E-state index in [1.54, 1.807) is 18.7 Å². The third-order valence-electron chi connectivity index (χ3n) is 2.71. The van der Waals surface area contributed by atoms with Crippen LogP contribution < -0.4 is 0 Å².